The third-order valence-electron chi connectivity index (χ3n) is 2.01. The Labute approximate surface area is 82.8 Å². The fourth-order valence-corrected chi connectivity index (χ4v) is 1.41. The second kappa shape index (κ2) is 4.13. The number of nitrogen functional groups attached to an aromatic ring is 1. The molecule has 0 aromatic carbocycles. The number of hydrogen-bond donors (Lipinski definition) is 1. The van der Waals surface area contributed by atoms with Gasteiger partial charge in [0.25, 0.3) is 0 Å². The van der Waals surface area contributed by atoms with E-state index in [-0.39, 0.29) is 5.82 Å². The number of anilines is 1. The molecule has 0 spiro atoms. The summed E-state index contributed by atoms with van der Waals surface area (Å²) in [5.41, 5.74) is 6.82. The number of aryl methyl sites for hydroxylation is 1. The van der Waals surface area contributed by atoms with Crippen LogP contribution in [0.2, 0.25) is 0 Å². The molecule has 0 amide bonds. The van der Waals surface area contributed by atoms with E-state index in [1.165, 1.54) is 0 Å². The van der Waals surface area contributed by atoms with Gasteiger partial charge in [0.15, 0.2) is 5.82 Å². The first kappa shape index (κ1) is 10.6. The van der Waals surface area contributed by atoms with Crippen molar-refractivity contribution in [2.24, 2.45) is 7.05 Å². The van der Waals surface area contributed by atoms with E-state index in [0.29, 0.717) is 18.6 Å². The zero-order valence-electron chi connectivity index (χ0n) is 8.70. The number of nitrogens with zero attached hydrogens (tertiary/aromatic N) is 2. The largest absolute Gasteiger partial charge is 0.462 e. The Morgan fingerprint density at radius 3 is 2.71 bits per heavy atom. The third kappa shape index (κ3) is 1.71. The number of carbonyl (C=O) groups is 1. The maximum Gasteiger partial charge on any atom is 0.343 e. The van der Waals surface area contributed by atoms with Gasteiger partial charge >= 0.3 is 5.97 Å². The number of hydrogen-bond acceptors (Lipinski definition) is 4. The molecule has 78 valence electrons. The molecular formula is C9H15N3O2. The highest BCUT2D eigenvalue weighted by Gasteiger charge is 2.20. The van der Waals surface area contributed by atoms with Crippen LogP contribution in [0.25, 0.3) is 0 Å². The lowest BCUT2D eigenvalue weighted by molar-refractivity contribution is 0.0526. The highest BCUT2D eigenvalue weighted by Crippen LogP contribution is 2.17. The zero-order chi connectivity index (χ0) is 10.7. The third-order valence-corrected chi connectivity index (χ3v) is 2.01. The Morgan fingerprint density at radius 2 is 2.21 bits per heavy atom. The van der Waals surface area contributed by atoms with E-state index < -0.39 is 5.97 Å². The van der Waals surface area contributed by atoms with Crippen LogP contribution in [0, 0.1) is 0 Å². The monoisotopic (exact) mass is 197 g/mol. The van der Waals surface area contributed by atoms with Crippen LogP contribution in [0.3, 0.4) is 0 Å². The standard InChI is InChI=1S/C9H15N3O2/c1-4-6-7(9(13)14-5-2)8(10)11-12(6)3/h4-5H2,1-3H3,(H2,10,11). The summed E-state index contributed by atoms with van der Waals surface area (Å²) in [7, 11) is 1.76. The minimum atomic E-state index is -0.394. The van der Waals surface area contributed by atoms with Crippen LogP contribution in [0.5, 0.6) is 0 Å². The molecule has 2 N–H and O–H groups in total. The van der Waals surface area contributed by atoms with Crippen LogP contribution in [0.4, 0.5) is 5.82 Å². The minimum Gasteiger partial charge on any atom is -0.462 e. The molecular weight excluding hydrogens is 182 g/mol. The zero-order valence-corrected chi connectivity index (χ0v) is 8.70. The van der Waals surface area contributed by atoms with Crippen molar-refractivity contribution in [1.29, 1.82) is 0 Å². The molecule has 0 radical (unpaired) electrons. The van der Waals surface area contributed by atoms with Gasteiger partial charge < -0.3 is 10.5 Å². The Morgan fingerprint density at radius 1 is 1.57 bits per heavy atom. The van der Waals surface area contributed by atoms with Gasteiger partial charge in [-0.3, -0.25) is 4.68 Å². The van der Waals surface area contributed by atoms with Gasteiger partial charge in [0.05, 0.1) is 12.3 Å². The molecule has 1 aromatic heterocycles. The van der Waals surface area contributed by atoms with Crippen molar-refractivity contribution in [2.45, 2.75) is 20.3 Å². The molecule has 1 heterocycles. The summed E-state index contributed by atoms with van der Waals surface area (Å²) in [6.45, 7) is 4.05. The SMILES string of the molecule is CCOC(=O)c1c(N)nn(C)c1CC. The maximum atomic E-state index is 11.5. The van der Waals surface area contributed by atoms with Crippen LogP contribution < -0.4 is 5.73 Å². The highest BCUT2D eigenvalue weighted by atomic mass is 16.5. The molecule has 0 bridgehead atoms. The van der Waals surface area contributed by atoms with Crippen LogP contribution in [0.15, 0.2) is 0 Å². The Balaban J connectivity index is 3.11. The van der Waals surface area contributed by atoms with Gasteiger partial charge in [-0.15, -0.1) is 0 Å². The van der Waals surface area contributed by atoms with Gasteiger partial charge in [-0.05, 0) is 13.3 Å². The van der Waals surface area contributed by atoms with Gasteiger partial charge in [0, 0.05) is 7.05 Å². The van der Waals surface area contributed by atoms with Crippen molar-refractivity contribution in [3.05, 3.63) is 11.3 Å². The molecule has 0 saturated heterocycles. The van der Waals surface area contributed by atoms with E-state index in [4.69, 9.17) is 10.5 Å². The summed E-state index contributed by atoms with van der Waals surface area (Å²) in [4.78, 5) is 11.5. The number of rotatable bonds is 3. The van der Waals surface area contributed by atoms with Gasteiger partial charge in [-0.25, -0.2) is 4.79 Å². The molecule has 1 aromatic rings. The van der Waals surface area contributed by atoms with Crippen molar-refractivity contribution in [2.75, 3.05) is 12.3 Å². The highest BCUT2D eigenvalue weighted by molar-refractivity contribution is 5.95. The van der Waals surface area contributed by atoms with Crippen molar-refractivity contribution >= 4 is 11.8 Å². The molecule has 0 saturated carbocycles. The second-order valence-corrected chi connectivity index (χ2v) is 2.90. The normalized spacial score (nSPS) is 10.2. The molecule has 0 fully saturated rings. The number of ether oxygens (including phenoxy) is 1. The molecule has 14 heavy (non-hydrogen) atoms. The molecule has 0 aliphatic carbocycles. The number of carbonyl (C=O) groups excluding carboxylic acids is 1. The first-order valence-electron chi connectivity index (χ1n) is 4.60. The summed E-state index contributed by atoms with van der Waals surface area (Å²) in [6, 6.07) is 0. The Hall–Kier alpha value is -1.52. The van der Waals surface area contributed by atoms with Crippen molar-refractivity contribution < 1.29 is 9.53 Å². The lowest BCUT2D eigenvalue weighted by Crippen LogP contribution is -2.09. The van der Waals surface area contributed by atoms with E-state index in [1.807, 2.05) is 6.92 Å². The topological polar surface area (TPSA) is 70.1 Å². The molecule has 0 unspecified atom stereocenters. The van der Waals surface area contributed by atoms with Gasteiger partial charge in [0.1, 0.15) is 5.56 Å². The van der Waals surface area contributed by atoms with E-state index in [9.17, 15) is 4.79 Å². The first-order valence-corrected chi connectivity index (χ1v) is 4.60. The average molecular weight is 197 g/mol. The predicted octanol–water partition coefficient (Wildman–Crippen LogP) is 0.741. The lowest BCUT2D eigenvalue weighted by atomic mass is 10.2. The first-order chi connectivity index (χ1) is 6.61. The fourth-order valence-electron chi connectivity index (χ4n) is 1.41. The van der Waals surface area contributed by atoms with E-state index >= 15 is 0 Å². The Bertz CT molecular complexity index is 344. The second-order valence-electron chi connectivity index (χ2n) is 2.90. The number of nitrogens with two attached hydrogens (primary N) is 1. The average Bonchev–Trinajstić information content (AvgIpc) is 2.40. The summed E-state index contributed by atoms with van der Waals surface area (Å²) >= 11 is 0. The molecule has 0 aliphatic rings. The van der Waals surface area contributed by atoms with Gasteiger partial charge in [-0.1, -0.05) is 6.92 Å². The lowest BCUT2D eigenvalue weighted by Gasteiger charge is -2.02. The van der Waals surface area contributed by atoms with Crippen molar-refractivity contribution in [1.82, 2.24) is 9.78 Å². The van der Waals surface area contributed by atoms with Crippen LogP contribution >= 0.6 is 0 Å². The summed E-state index contributed by atoms with van der Waals surface area (Å²) < 4.78 is 6.51. The van der Waals surface area contributed by atoms with Gasteiger partial charge in [-0.2, -0.15) is 5.10 Å². The Kier molecular flexibility index (Phi) is 3.11. The van der Waals surface area contributed by atoms with E-state index in [2.05, 4.69) is 5.10 Å². The van der Waals surface area contributed by atoms with Crippen molar-refractivity contribution in [3.63, 3.8) is 0 Å². The molecule has 1 rings (SSSR count). The van der Waals surface area contributed by atoms with Crippen LogP contribution in [0.1, 0.15) is 29.9 Å². The quantitative estimate of drug-likeness (QED) is 0.725. The predicted molar refractivity (Wildman–Crippen MR) is 53.0 cm³/mol. The molecule has 5 nitrogen and oxygen atoms in total. The van der Waals surface area contributed by atoms with Crippen LogP contribution in [-0.2, 0) is 18.2 Å². The van der Waals surface area contributed by atoms with E-state index in [1.54, 1.807) is 18.7 Å². The summed E-state index contributed by atoms with van der Waals surface area (Å²) in [5, 5.41) is 3.98. The minimum absolute atomic E-state index is 0.239. The molecule has 0 atom stereocenters. The number of aromatic nitrogens is 2. The summed E-state index contributed by atoms with van der Waals surface area (Å²) in [6.07, 6.45) is 0.703. The fraction of sp³-hybridized carbons (Fsp3) is 0.556. The van der Waals surface area contributed by atoms with Crippen LogP contribution in [-0.4, -0.2) is 22.4 Å². The smallest absolute Gasteiger partial charge is 0.343 e. The number of esters is 1. The van der Waals surface area contributed by atoms with E-state index in [0.717, 1.165) is 5.69 Å². The molecule has 5 heteroatoms. The van der Waals surface area contributed by atoms with Gasteiger partial charge in [0.2, 0.25) is 0 Å². The molecule has 0 aliphatic heterocycles. The summed E-state index contributed by atoms with van der Waals surface area (Å²) in [5.74, 6) is -0.155. The maximum absolute atomic E-state index is 11.5. The van der Waals surface area contributed by atoms with Crippen molar-refractivity contribution in [3.8, 4) is 0 Å².